The van der Waals surface area contributed by atoms with Crippen LogP contribution in [0.15, 0.2) is 41.4 Å². The normalized spacial score (nSPS) is 11.2. The van der Waals surface area contributed by atoms with Crippen molar-refractivity contribution in [2.75, 3.05) is 19.6 Å². The third-order valence-electron chi connectivity index (χ3n) is 3.34. The van der Waals surface area contributed by atoms with Gasteiger partial charge >= 0.3 is 0 Å². The summed E-state index contributed by atoms with van der Waals surface area (Å²) in [5.41, 5.74) is 0.595. The van der Waals surface area contributed by atoms with Gasteiger partial charge in [0.25, 0.3) is 5.91 Å². The summed E-state index contributed by atoms with van der Waals surface area (Å²) in [7, 11) is 0. The third-order valence-corrected chi connectivity index (χ3v) is 4.58. The number of thiophene rings is 1. The second kappa shape index (κ2) is 10.1. The van der Waals surface area contributed by atoms with Gasteiger partial charge in [-0.1, -0.05) is 11.6 Å². The molecule has 1 heterocycles. The van der Waals surface area contributed by atoms with Crippen LogP contribution >= 0.6 is 22.9 Å². The zero-order valence-corrected chi connectivity index (χ0v) is 16.0. The lowest BCUT2D eigenvalue weighted by Crippen LogP contribution is -2.41. The van der Waals surface area contributed by atoms with E-state index in [4.69, 9.17) is 11.6 Å². The largest absolute Gasteiger partial charge is 0.357 e. The number of guanidine groups is 1. The molecule has 2 aromatic rings. The molecule has 0 saturated carbocycles. The molecule has 134 valence electrons. The fourth-order valence-electron chi connectivity index (χ4n) is 2.13. The maximum atomic E-state index is 12.0. The molecule has 7 heteroatoms. The summed E-state index contributed by atoms with van der Waals surface area (Å²) in [5, 5.41) is 9.91. The summed E-state index contributed by atoms with van der Waals surface area (Å²) in [6.45, 7) is 6.63. The van der Waals surface area contributed by atoms with Gasteiger partial charge in [0, 0.05) is 40.0 Å². The Morgan fingerprint density at radius 3 is 2.44 bits per heavy atom. The molecular weight excluding hydrogens is 356 g/mol. The number of benzene rings is 1. The molecule has 0 aliphatic heterocycles. The number of amides is 1. The van der Waals surface area contributed by atoms with E-state index < -0.39 is 0 Å². The molecule has 0 saturated heterocycles. The van der Waals surface area contributed by atoms with Gasteiger partial charge in [-0.2, -0.15) is 0 Å². The highest BCUT2D eigenvalue weighted by Gasteiger charge is 2.04. The van der Waals surface area contributed by atoms with E-state index in [-0.39, 0.29) is 5.91 Å². The number of aliphatic imine (C=N–C) groups is 1. The minimum absolute atomic E-state index is 0.116. The van der Waals surface area contributed by atoms with E-state index in [0.717, 1.165) is 12.5 Å². The molecular formula is C18H23ClN4OS. The van der Waals surface area contributed by atoms with Crippen LogP contribution in [0.3, 0.4) is 0 Å². The molecule has 0 unspecified atom stereocenters. The fraction of sp³-hybridized carbons (Fsp3) is 0.333. The summed E-state index contributed by atoms with van der Waals surface area (Å²) in [4.78, 5) is 19.1. The topological polar surface area (TPSA) is 65.5 Å². The molecule has 3 N–H and O–H groups in total. The Kier molecular flexibility index (Phi) is 7.76. The van der Waals surface area contributed by atoms with Crippen LogP contribution in [0.1, 0.15) is 27.0 Å². The molecule has 0 spiro atoms. The molecule has 0 aliphatic carbocycles. The van der Waals surface area contributed by atoms with Crippen LogP contribution < -0.4 is 16.0 Å². The third kappa shape index (κ3) is 6.76. The predicted molar refractivity (Wildman–Crippen MR) is 106 cm³/mol. The summed E-state index contributed by atoms with van der Waals surface area (Å²) < 4.78 is 0. The Balaban J connectivity index is 1.76. The van der Waals surface area contributed by atoms with Crippen molar-refractivity contribution < 1.29 is 4.79 Å². The second-order valence-corrected chi connectivity index (χ2v) is 7.21. The zero-order valence-electron chi connectivity index (χ0n) is 14.4. The molecule has 0 fully saturated rings. The molecule has 5 nitrogen and oxygen atoms in total. The van der Waals surface area contributed by atoms with Gasteiger partial charge in [0.15, 0.2) is 5.96 Å². The lowest BCUT2D eigenvalue weighted by Gasteiger charge is -2.11. The maximum Gasteiger partial charge on any atom is 0.251 e. The fourth-order valence-corrected chi connectivity index (χ4v) is 3.07. The van der Waals surface area contributed by atoms with Gasteiger partial charge in [-0.15, -0.1) is 11.3 Å². The van der Waals surface area contributed by atoms with Crippen LogP contribution in [0.4, 0.5) is 0 Å². The van der Waals surface area contributed by atoms with Crippen molar-refractivity contribution in [3.8, 4) is 0 Å². The van der Waals surface area contributed by atoms with Crippen molar-refractivity contribution >= 4 is 34.8 Å². The zero-order chi connectivity index (χ0) is 18.1. The standard InChI is InChI=1S/C18H23ClN4OS/c1-3-20-18(23-12-16-9-4-13(2)25-16)22-11-10-21-17(24)14-5-7-15(19)8-6-14/h4-9H,3,10-12H2,1-2H3,(H,21,24)(H2,20,22,23). The number of hydrogen-bond donors (Lipinski definition) is 3. The van der Waals surface area contributed by atoms with Gasteiger partial charge in [-0.25, -0.2) is 4.99 Å². The van der Waals surface area contributed by atoms with Crippen molar-refractivity contribution in [1.82, 2.24) is 16.0 Å². The van der Waals surface area contributed by atoms with Gasteiger partial charge in [0.1, 0.15) is 0 Å². The van der Waals surface area contributed by atoms with E-state index in [9.17, 15) is 4.79 Å². The lowest BCUT2D eigenvalue weighted by atomic mass is 10.2. The molecule has 1 aromatic carbocycles. The van der Waals surface area contributed by atoms with Crippen LogP contribution in [0.2, 0.25) is 5.02 Å². The van der Waals surface area contributed by atoms with Crippen molar-refractivity contribution in [2.24, 2.45) is 4.99 Å². The summed E-state index contributed by atoms with van der Waals surface area (Å²) >= 11 is 7.57. The van der Waals surface area contributed by atoms with Gasteiger partial charge in [0.05, 0.1) is 6.54 Å². The van der Waals surface area contributed by atoms with Crippen LogP contribution in [-0.4, -0.2) is 31.5 Å². The first-order chi connectivity index (χ1) is 12.1. The minimum Gasteiger partial charge on any atom is -0.357 e. The SMILES string of the molecule is CCNC(=NCc1ccc(C)s1)NCCNC(=O)c1ccc(Cl)cc1. The summed E-state index contributed by atoms with van der Waals surface area (Å²) in [5.74, 6) is 0.628. The first-order valence-corrected chi connectivity index (χ1v) is 9.39. The highest BCUT2D eigenvalue weighted by molar-refractivity contribution is 7.11. The van der Waals surface area contributed by atoms with Gasteiger partial charge < -0.3 is 16.0 Å². The van der Waals surface area contributed by atoms with Crippen LogP contribution in [0.5, 0.6) is 0 Å². The number of aryl methyl sites for hydroxylation is 1. The Bertz CT molecular complexity index is 712. The molecule has 1 aromatic heterocycles. The van der Waals surface area contributed by atoms with Crippen LogP contribution in [0.25, 0.3) is 0 Å². The van der Waals surface area contributed by atoms with Crippen molar-refractivity contribution in [3.63, 3.8) is 0 Å². The smallest absolute Gasteiger partial charge is 0.251 e. The highest BCUT2D eigenvalue weighted by atomic mass is 35.5. The molecule has 1 amide bonds. The Labute approximate surface area is 157 Å². The molecule has 0 bridgehead atoms. The van der Waals surface area contributed by atoms with Gasteiger partial charge in [0.2, 0.25) is 0 Å². The van der Waals surface area contributed by atoms with Crippen molar-refractivity contribution in [3.05, 3.63) is 56.7 Å². The minimum atomic E-state index is -0.116. The highest BCUT2D eigenvalue weighted by Crippen LogP contribution is 2.15. The Morgan fingerprint density at radius 1 is 1.08 bits per heavy atom. The van der Waals surface area contributed by atoms with Gasteiger partial charge in [-0.3, -0.25) is 4.79 Å². The van der Waals surface area contributed by atoms with Crippen molar-refractivity contribution in [2.45, 2.75) is 20.4 Å². The monoisotopic (exact) mass is 378 g/mol. The molecule has 0 aliphatic rings. The molecule has 0 atom stereocenters. The average Bonchev–Trinajstić information content (AvgIpc) is 3.02. The molecule has 0 radical (unpaired) electrons. The quantitative estimate of drug-likeness (QED) is 0.394. The maximum absolute atomic E-state index is 12.0. The number of carbonyl (C=O) groups is 1. The summed E-state index contributed by atoms with van der Waals surface area (Å²) in [6.07, 6.45) is 0. The van der Waals surface area contributed by atoms with E-state index in [1.807, 2.05) is 6.92 Å². The van der Waals surface area contributed by atoms with E-state index in [2.05, 4.69) is 40.0 Å². The number of halogens is 1. The number of nitrogens with zero attached hydrogens (tertiary/aromatic N) is 1. The number of carbonyl (C=O) groups excluding carboxylic acids is 1. The van der Waals surface area contributed by atoms with Crippen LogP contribution in [-0.2, 0) is 6.54 Å². The van der Waals surface area contributed by atoms with E-state index in [0.29, 0.717) is 30.2 Å². The van der Waals surface area contributed by atoms with E-state index in [1.54, 1.807) is 35.6 Å². The van der Waals surface area contributed by atoms with Crippen LogP contribution in [0, 0.1) is 6.92 Å². The number of nitrogens with one attached hydrogen (secondary N) is 3. The first kappa shape index (κ1) is 19.3. The van der Waals surface area contributed by atoms with Gasteiger partial charge in [-0.05, 0) is 50.2 Å². The Hall–Kier alpha value is -2.05. The average molecular weight is 379 g/mol. The first-order valence-electron chi connectivity index (χ1n) is 8.19. The number of rotatable bonds is 7. The predicted octanol–water partition coefficient (Wildman–Crippen LogP) is 3.20. The number of hydrogen-bond acceptors (Lipinski definition) is 3. The Morgan fingerprint density at radius 2 is 1.80 bits per heavy atom. The van der Waals surface area contributed by atoms with E-state index in [1.165, 1.54) is 9.75 Å². The van der Waals surface area contributed by atoms with Crippen molar-refractivity contribution in [1.29, 1.82) is 0 Å². The lowest BCUT2D eigenvalue weighted by molar-refractivity contribution is 0.0954. The molecule has 2 rings (SSSR count). The summed E-state index contributed by atoms with van der Waals surface area (Å²) in [6, 6.07) is 11.0. The van der Waals surface area contributed by atoms with E-state index >= 15 is 0 Å². The molecule has 25 heavy (non-hydrogen) atoms. The second-order valence-electron chi connectivity index (χ2n) is 5.40.